The van der Waals surface area contributed by atoms with Crippen LogP contribution in [0.2, 0.25) is 0 Å². The molecule has 0 fully saturated rings. The number of ether oxygens (including phenoxy) is 1. The van der Waals surface area contributed by atoms with Crippen LogP contribution < -0.4 is 21.3 Å². The summed E-state index contributed by atoms with van der Waals surface area (Å²) >= 11 is 1.37. The number of anilines is 3. The molecule has 0 aliphatic heterocycles. The van der Waals surface area contributed by atoms with Crippen molar-refractivity contribution in [1.82, 2.24) is 10.3 Å². The summed E-state index contributed by atoms with van der Waals surface area (Å²) in [6.45, 7) is 1.40. The lowest BCUT2D eigenvalue weighted by atomic mass is 10.1. The van der Waals surface area contributed by atoms with Crippen molar-refractivity contribution in [2.75, 3.05) is 36.2 Å². The maximum absolute atomic E-state index is 13.1. The fourth-order valence-corrected chi connectivity index (χ4v) is 4.30. The zero-order chi connectivity index (χ0) is 25.2. The fraction of sp³-hybridized carbons (Fsp3) is 0.154. The third-order valence-corrected chi connectivity index (χ3v) is 6.12. The molecule has 0 radical (unpaired) electrons. The largest absolute Gasteiger partial charge is 0.383 e. The number of guanidine groups is 1. The lowest BCUT2D eigenvalue weighted by Gasteiger charge is -2.12. The number of benzene rings is 2. The van der Waals surface area contributed by atoms with Crippen molar-refractivity contribution < 1.29 is 9.53 Å². The second-order valence-corrected chi connectivity index (χ2v) is 8.54. The summed E-state index contributed by atoms with van der Waals surface area (Å²) in [5.74, 6) is 0.0831. The van der Waals surface area contributed by atoms with Crippen molar-refractivity contribution >= 4 is 51.2 Å². The highest BCUT2D eigenvalue weighted by molar-refractivity contribution is 7.12. The molecular formula is C26H25N7O2S. The van der Waals surface area contributed by atoms with E-state index in [9.17, 15) is 4.79 Å². The molecule has 1 amide bonds. The summed E-state index contributed by atoms with van der Waals surface area (Å²) < 4.78 is 4.99. The Labute approximate surface area is 212 Å². The Balaban J connectivity index is 1.42. The number of nitriles is 1. The molecule has 0 unspecified atom stereocenters. The minimum absolute atomic E-state index is 0.214. The van der Waals surface area contributed by atoms with Crippen LogP contribution in [-0.4, -0.2) is 37.1 Å². The average Bonchev–Trinajstić information content (AvgIpc) is 3.37. The molecule has 0 saturated carbocycles. The number of carbonyl (C=O) groups excluding carboxylic acids is 1. The van der Waals surface area contributed by atoms with Gasteiger partial charge in [-0.05, 0) is 47.3 Å². The predicted molar refractivity (Wildman–Crippen MR) is 144 cm³/mol. The van der Waals surface area contributed by atoms with E-state index in [1.807, 2.05) is 54.0 Å². The molecule has 0 atom stereocenters. The summed E-state index contributed by atoms with van der Waals surface area (Å²) in [4.78, 5) is 22.3. The number of aromatic nitrogens is 1. The van der Waals surface area contributed by atoms with Crippen molar-refractivity contribution in [1.29, 1.82) is 5.26 Å². The average molecular weight is 500 g/mol. The summed E-state index contributed by atoms with van der Waals surface area (Å²) in [5, 5.41) is 23.8. The van der Waals surface area contributed by atoms with Crippen LogP contribution in [-0.2, 0) is 11.3 Å². The fourth-order valence-electron chi connectivity index (χ4n) is 3.54. The molecule has 0 aliphatic carbocycles. The van der Waals surface area contributed by atoms with Crippen LogP contribution in [0, 0.1) is 11.5 Å². The van der Waals surface area contributed by atoms with Crippen LogP contribution in [0.25, 0.3) is 10.9 Å². The number of methoxy groups -OCH3 is 1. The zero-order valence-corrected chi connectivity index (χ0v) is 20.4. The first-order valence-electron chi connectivity index (χ1n) is 11.2. The van der Waals surface area contributed by atoms with Gasteiger partial charge < -0.3 is 20.7 Å². The Bertz CT molecular complexity index is 1410. The number of amides is 1. The molecule has 182 valence electrons. The molecule has 0 saturated heterocycles. The van der Waals surface area contributed by atoms with E-state index in [0.717, 1.165) is 22.2 Å². The van der Waals surface area contributed by atoms with E-state index in [1.54, 1.807) is 31.5 Å². The number of para-hydroxylation sites is 1. The number of pyridine rings is 1. The lowest BCUT2D eigenvalue weighted by molar-refractivity contribution is 0.103. The Kier molecular flexibility index (Phi) is 8.43. The van der Waals surface area contributed by atoms with Gasteiger partial charge in [0.25, 0.3) is 5.91 Å². The van der Waals surface area contributed by atoms with E-state index < -0.39 is 0 Å². The van der Waals surface area contributed by atoms with Crippen molar-refractivity contribution in [3.8, 4) is 6.19 Å². The van der Waals surface area contributed by atoms with E-state index in [-0.39, 0.29) is 5.91 Å². The third kappa shape index (κ3) is 6.35. The second kappa shape index (κ2) is 12.3. The van der Waals surface area contributed by atoms with Gasteiger partial charge in [-0.3, -0.25) is 15.1 Å². The molecular weight excluding hydrogens is 474 g/mol. The molecule has 0 aliphatic rings. The molecule has 2 aromatic heterocycles. The molecule has 4 aromatic rings. The number of nitrogens with zero attached hydrogens (tertiary/aromatic N) is 3. The normalized spacial score (nSPS) is 11.1. The van der Waals surface area contributed by atoms with Gasteiger partial charge >= 0.3 is 0 Å². The maximum atomic E-state index is 13.1. The minimum Gasteiger partial charge on any atom is -0.383 e. The van der Waals surface area contributed by atoms with Gasteiger partial charge in [0.05, 0.1) is 24.4 Å². The van der Waals surface area contributed by atoms with Gasteiger partial charge in [-0.1, -0.05) is 24.3 Å². The SMILES string of the molecule is COCCN=C(NC#N)Nc1cccc(NC(=O)c2sccc2NCc2ccnc3ccccc23)c1. The van der Waals surface area contributed by atoms with E-state index in [4.69, 9.17) is 10.00 Å². The first kappa shape index (κ1) is 24.7. The van der Waals surface area contributed by atoms with Gasteiger partial charge in [0.15, 0.2) is 6.19 Å². The summed E-state index contributed by atoms with van der Waals surface area (Å²) in [6.07, 6.45) is 3.65. The van der Waals surface area contributed by atoms with Crippen molar-refractivity contribution in [3.05, 3.63) is 82.7 Å². The highest BCUT2D eigenvalue weighted by Crippen LogP contribution is 2.26. The second-order valence-electron chi connectivity index (χ2n) is 7.62. The molecule has 36 heavy (non-hydrogen) atoms. The van der Waals surface area contributed by atoms with Crippen LogP contribution >= 0.6 is 11.3 Å². The number of thiophene rings is 1. The highest BCUT2D eigenvalue weighted by atomic mass is 32.1. The molecule has 0 bridgehead atoms. The van der Waals surface area contributed by atoms with Crippen LogP contribution in [0.3, 0.4) is 0 Å². The van der Waals surface area contributed by atoms with Gasteiger partial charge in [0.2, 0.25) is 5.96 Å². The highest BCUT2D eigenvalue weighted by Gasteiger charge is 2.14. The zero-order valence-electron chi connectivity index (χ0n) is 19.6. The standard InChI is InChI=1S/C26H25N7O2S/c1-35-13-12-29-26(31-17-27)33-20-6-4-5-19(15-20)32-25(34)24-23(10-14-36-24)30-16-18-9-11-28-22-8-3-2-7-21(18)22/h2-11,14-15,30H,12-13,16H2,1H3,(H,32,34)(H2,29,31,33). The van der Waals surface area contributed by atoms with Crippen molar-refractivity contribution in [2.24, 2.45) is 4.99 Å². The topological polar surface area (TPSA) is 123 Å². The molecule has 2 aromatic carbocycles. The van der Waals surface area contributed by atoms with Crippen LogP contribution in [0.1, 0.15) is 15.2 Å². The number of carbonyl (C=O) groups is 1. The van der Waals surface area contributed by atoms with Crippen LogP contribution in [0.15, 0.2) is 77.2 Å². The first-order valence-corrected chi connectivity index (χ1v) is 12.1. The number of aliphatic imine (C=N–C) groups is 1. The summed E-state index contributed by atoms with van der Waals surface area (Å²) in [7, 11) is 1.59. The van der Waals surface area contributed by atoms with E-state index in [0.29, 0.717) is 41.9 Å². The van der Waals surface area contributed by atoms with Gasteiger partial charge in [-0.15, -0.1) is 11.3 Å². The van der Waals surface area contributed by atoms with Crippen molar-refractivity contribution in [3.63, 3.8) is 0 Å². The number of nitrogens with one attached hydrogen (secondary N) is 4. The molecule has 9 nitrogen and oxygen atoms in total. The quantitative estimate of drug-likeness (QED) is 0.0869. The van der Waals surface area contributed by atoms with Gasteiger partial charge in [-0.25, -0.2) is 4.99 Å². The van der Waals surface area contributed by atoms with Crippen LogP contribution in [0.5, 0.6) is 0 Å². The lowest BCUT2D eigenvalue weighted by Crippen LogP contribution is -2.27. The Hall–Kier alpha value is -4.46. The van der Waals surface area contributed by atoms with Gasteiger partial charge in [-0.2, -0.15) is 5.26 Å². The summed E-state index contributed by atoms with van der Waals surface area (Å²) in [5.41, 5.74) is 4.08. The Morgan fingerprint density at radius 3 is 2.78 bits per heavy atom. The number of rotatable bonds is 9. The van der Waals surface area contributed by atoms with Crippen molar-refractivity contribution in [2.45, 2.75) is 6.54 Å². The monoisotopic (exact) mass is 499 g/mol. The number of fused-ring (bicyclic) bond motifs is 1. The number of hydrogen-bond donors (Lipinski definition) is 4. The predicted octanol–water partition coefficient (Wildman–Crippen LogP) is 4.65. The van der Waals surface area contributed by atoms with Gasteiger partial charge in [0.1, 0.15) is 4.88 Å². The van der Waals surface area contributed by atoms with Crippen LogP contribution in [0.4, 0.5) is 17.1 Å². The van der Waals surface area contributed by atoms with E-state index in [1.165, 1.54) is 11.3 Å². The molecule has 4 rings (SSSR count). The third-order valence-electron chi connectivity index (χ3n) is 5.20. The van der Waals surface area contributed by atoms with E-state index in [2.05, 4.69) is 31.2 Å². The minimum atomic E-state index is -0.214. The smallest absolute Gasteiger partial charge is 0.267 e. The molecule has 0 spiro atoms. The Morgan fingerprint density at radius 1 is 1.11 bits per heavy atom. The first-order chi connectivity index (χ1) is 17.7. The molecule has 10 heteroatoms. The molecule has 2 heterocycles. The number of hydrogen-bond acceptors (Lipinski definition) is 7. The summed E-state index contributed by atoms with van der Waals surface area (Å²) in [6, 6.07) is 19.1. The van der Waals surface area contributed by atoms with E-state index >= 15 is 0 Å². The maximum Gasteiger partial charge on any atom is 0.267 e. The Morgan fingerprint density at radius 2 is 1.94 bits per heavy atom. The van der Waals surface area contributed by atoms with Gasteiger partial charge in [0, 0.05) is 36.6 Å². The molecule has 4 N–H and O–H groups in total.